The molecule has 1 aromatic rings. The van der Waals surface area contributed by atoms with E-state index >= 15 is 0 Å². The summed E-state index contributed by atoms with van der Waals surface area (Å²) in [6, 6.07) is 4.67. The van der Waals surface area contributed by atoms with Gasteiger partial charge in [-0.05, 0) is 48.3 Å². The van der Waals surface area contributed by atoms with Gasteiger partial charge >= 0.3 is 0 Å². The molecule has 0 aromatic heterocycles. The van der Waals surface area contributed by atoms with Crippen LogP contribution >= 0.6 is 0 Å². The molecule has 0 spiro atoms. The van der Waals surface area contributed by atoms with Gasteiger partial charge in [-0.3, -0.25) is 4.79 Å². The molecular formula is C15H24O3Si. The van der Waals surface area contributed by atoms with Gasteiger partial charge in [0, 0.05) is 0 Å². The number of aromatic hydroxyl groups is 1. The van der Waals surface area contributed by atoms with Gasteiger partial charge in [-0.15, -0.1) is 0 Å². The second-order valence-corrected chi connectivity index (χ2v) is 11.3. The summed E-state index contributed by atoms with van der Waals surface area (Å²) in [5, 5.41) is 9.60. The van der Waals surface area contributed by atoms with Crippen molar-refractivity contribution in [1.29, 1.82) is 0 Å². The quantitative estimate of drug-likeness (QED) is 0.861. The summed E-state index contributed by atoms with van der Waals surface area (Å²) in [6.07, 6.45) is 0. The maximum atomic E-state index is 11.5. The minimum Gasteiger partial charge on any atom is -0.504 e. The molecule has 1 rings (SSSR count). The summed E-state index contributed by atoms with van der Waals surface area (Å²) >= 11 is 0. The van der Waals surface area contributed by atoms with Gasteiger partial charge in [0.1, 0.15) is 0 Å². The van der Waals surface area contributed by atoms with Crippen LogP contribution in [0.3, 0.4) is 0 Å². The molecule has 0 saturated heterocycles. The van der Waals surface area contributed by atoms with E-state index in [1.165, 1.54) is 12.1 Å². The first-order chi connectivity index (χ1) is 8.54. The largest absolute Gasteiger partial charge is 0.504 e. The lowest BCUT2D eigenvalue weighted by molar-refractivity contribution is 0.276. The highest BCUT2D eigenvalue weighted by Crippen LogP contribution is 2.37. The highest BCUT2D eigenvalue weighted by molar-refractivity contribution is 6.74. The molecule has 1 aromatic carbocycles. The van der Waals surface area contributed by atoms with Gasteiger partial charge in [0.15, 0.2) is 14.1 Å². The minimum absolute atomic E-state index is 0.156. The number of aryl methyl sites for hydroxylation is 1. The molecule has 0 amide bonds. The molecule has 0 bridgehead atoms. The first-order valence-corrected chi connectivity index (χ1v) is 9.42. The first kappa shape index (κ1) is 15.9. The monoisotopic (exact) mass is 280 g/mol. The van der Waals surface area contributed by atoms with Crippen molar-refractivity contribution in [1.82, 2.24) is 0 Å². The van der Waals surface area contributed by atoms with Gasteiger partial charge in [0.25, 0.3) is 0 Å². The van der Waals surface area contributed by atoms with E-state index in [0.29, 0.717) is 6.61 Å². The predicted molar refractivity (Wildman–Crippen MR) is 81.1 cm³/mol. The van der Waals surface area contributed by atoms with Crippen LogP contribution in [-0.2, 0) is 11.0 Å². The van der Waals surface area contributed by atoms with Crippen molar-refractivity contribution in [2.45, 2.75) is 52.4 Å². The van der Waals surface area contributed by atoms with Gasteiger partial charge in [-0.25, -0.2) is 0 Å². The lowest BCUT2D eigenvalue weighted by atomic mass is 10.2. The molecule has 0 radical (unpaired) electrons. The van der Waals surface area contributed by atoms with E-state index in [1.54, 1.807) is 6.07 Å². The summed E-state index contributed by atoms with van der Waals surface area (Å²) in [5.74, 6) is -0.221. The van der Waals surface area contributed by atoms with Crippen LogP contribution in [0.15, 0.2) is 23.0 Å². The van der Waals surface area contributed by atoms with E-state index in [-0.39, 0.29) is 16.2 Å². The Morgan fingerprint density at radius 1 is 1.26 bits per heavy atom. The molecule has 0 atom stereocenters. The van der Waals surface area contributed by atoms with Crippen LogP contribution in [0.25, 0.3) is 0 Å². The van der Waals surface area contributed by atoms with Crippen LogP contribution < -0.4 is 5.43 Å². The van der Waals surface area contributed by atoms with E-state index < -0.39 is 8.32 Å². The highest BCUT2D eigenvalue weighted by atomic mass is 28.4. The van der Waals surface area contributed by atoms with E-state index in [1.807, 2.05) is 6.92 Å². The fourth-order valence-corrected chi connectivity index (χ4v) is 2.34. The maximum absolute atomic E-state index is 11.5. The fourth-order valence-electron chi connectivity index (χ4n) is 1.39. The fraction of sp³-hybridized carbons (Fsp3) is 0.533. The van der Waals surface area contributed by atoms with Crippen LogP contribution in [0.5, 0.6) is 5.75 Å². The van der Waals surface area contributed by atoms with Gasteiger partial charge in [-0.2, -0.15) is 0 Å². The molecule has 0 aliphatic rings. The summed E-state index contributed by atoms with van der Waals surface area (Å²) in [5.41, 5.74) is 1.45. The topological polar surface area (TPSA) is 46.5 Å². The van der Waals surface area contributed by atoms with Crippen LogP contribution in [-0.4, -0.2) is 13.4 Å². The molecule has 0 unspecified atom stereocenters. The summed E-state index contributed by atoms with van der Waals surface area (Å²) < 4.78 is 6.14. The number of rotatable bonds is 3. The van der Waals surface area contributed by atoms with E-state index in [4.69, 9.17) is 4.43 Å². The molecule has 3 nitrogen and oxygen atoms in total. The lowest BCUT2D eigenvalue weighted by Crippen LogP contribution is -2.40. The third-order valence-electron chi connectivity index (χ3n) is 3.94. The van der Waals surface area contributed by atoms with Crippen molar-refractivity contribution in [2.24, 2.45) is 0 Å². The standard InChI is InChI=1S/C15H24O3Si/c1-11-9-14(17)13(16)8-7-12(11)10-18-19(5,6)15(2,3)4/h7-9H,10H2,1-6H3,(H,16,17). The van der Waals surface area contributed by atoms with Crippen LogP contribution in [0.1, 0.15) is 31.9 Å². The molecule has 4 heteroatoms. The number of hydrogen-bond donors (Lipinski definition) is 1. The SMILES string of the molecule is Cc1cc(=O)c(O)ccc1CO[Si](C)(C)C(C)(C)C. The zero-order valence-electron chi connectivity index (χ0n) is 12.7. The lowest BCUT2D eigenvalue weighted by Gasteiger charge is -2.36. The average Bonchev–Trinajstić information content (AvgIpc) is 2.36. The summed E-state index contributed by atoms with van der Waals surface area (Å²) in [4.78, 5) is 11.5. The van der Waals surface area contributed by atoms with Crippen LogP contribution in [0.4, 0.5) is 0 Å². The predicted octanol–water partition coefficient (Wildman–Crippen LogP) is 3.58. The average molecular weight is 280 g/mol. The zero-order chi connectivity index (χ0) is 14.8. The molecule has 0 fully saturated rings. The Hall–Kier alpha value is -1.13. The van der Waals surface area contributed by atoms with Crippen molar-refractivity contribution in [3.8, 4) is 5.75 Å². The Labute approximate surface area is 116 Å². The molecular weight excluding hydrogens is 256 g/mol. The number of hydrogen-bond acceptors (Lipinski definition) is 3. The second-order valence-electron chi connectivity index (χ2n) is 6.48. The molecule has 1 N–H and O–H groups in total. The smallest absolute Gasteiger partial charge is 0.220 e. The highest BCUT2D eigenvalue weighted by Gasteiger charge is 2.37. The van der Waals surface area contributed by atoms with Crippen LogP contribution in [0.2, 0.25) is 18.1 Å². The van der Waals surface area contributed by atoms with Crippen molar-refractivity contribution in [3.05, 3.63) is 39.5 Å². The third kappa shape index (κ3) is 3.91. The molecule has 0 aliphatic carbocycles. The third-order valence-corrected chi connectivity index (χ3v) is 8.42. The van der Waals surface area contributed by atoms with Gasteiger partial charge in [-0.1, -0.05) is 26.8 Å². The van der Waals surface area contributed by atoms with Crippen LogP contribution in [0, 0.1) is 6.92 Å². The summed E-state index contributed by atoms with van der Waals surface area (Å²) in [6.45, 7) is 13.3. The minimum atomic E-state index is -1.81. The van der Waals surface area contributed by atoms with E-state index in [0.717, 1.165) is 11.1 Å². The zero-order valence-corrected chi connectivity index (χ0v) is 13.7. The van der Waals surface area contributed by atoms with E-state index in [9.17, 15) is 9.90 Å². The maximum Gasteiger partial charge on any atom is 0.220 e. The molecule has 0 aliphatic heterocycles. The van der Waals surface area contributed by atoms with Gasteiger partial charge < -0.3 is 9.53 Å². The molecule has 106 valence electrons. The Morgan fingerprint density at radius 3 is 2.37 bits per heavy atom. The summed E-state index contributed by atoms with van der Waals surface area (Å²) in [7, 11) is -1.81. The van der Waals surface area contributed by atoms with E-state index in [2.05, 4.69) is 33.9 Å². The Morgan fingerprint density at radius 2 is 1.84 bits per heavy atom. The van der Waals surface area contributed by atoms with Gasteiger partial charge in [0.05, 0.1) is 6.61 Å². The van der Waals surface area contributed by atoms with Crippen molar-refractivity contribution >= 4 is 8.32 Å². The molecule has 19 heavy (non-hydrogen) atoms. The Kier molecular flexibility index (Phi) is 4.58. The molecule has 0 heterocycles. The first-order valence-electron chi connectivity index (χ1n) is 6.51. The Balaban J connectivity index is 2.98. The van der Waals surface area contributed by atoms with Gasteiger partial charge in [0.2, 0.25) is 5.43 Å². The normalized spacial score (nSPS) is 12.5. The second kappa shape index (κ2) is 5.47. The van der Waals surface area contributed by atoms with Crippen molar-refractivity contribution in [2.75, 3.05) is 0 Å². The molecule has 0 saturated carbocycles. The Bertz CT molecular complexity index is 516. The van der Waals surface area contributed by atoms with Crippen molar-refractivity contribution in [3.63, 3.8) is 0 Å². The van der Waals surface area contributed by atoms with Crippen molar-refractivity contribution < 1.29 is 9.53 Å².